The van der Waals surface area contributed by atoms with Crippen LogP contribution >= 0.6 is 0 Å². The summed E-state index contributed by atoms with van der Waals surface area (Å²) in [5.41, 5.74) is 0. The second kappa shape index (κ2) is 11.0. The predicted octanol–water partition coefficient (Wildman–Crippen LogP) is 1.90. The summed E-state index contributed by atoms with van der Waals surface area (Å²) >= 11 is 0. The Kier molecular flexibility index (Phi) is 10.9. The van der Waals surface area contributed by atoms with Gasteiger partial charge in [-0.25, -0.2) is 0 Å². The number of nitrogens with zero attached hydrogens (tertiary/aromatic N) is 2. The van der Waals surface area contributed by atoms with Crippen molar-refractivity contribution in [3.63, 3.8) is 0 Å². The highest BCUT2D eigenvalue weighted by Gasteiger charge is 1.99. The van der Waals surface area contributed by atoms with Crippen LogP contribution in [0.4, 0.5) is 0 Å². The lowest BCUT2D eigenvalue weighted by Gasteiger charge is -2.19. The predicted molar refractivity (Wildman–Crippen MR) is 77.6 cm³/mol. The second-order valence-electron chi connectivity index (χ2n) is 5.77. The van der Waals surface area contributed by atoms with E-state index in [1.807, 2.05) is 0 Å². The van der Waals surface area contributed by atoms with E-state index in [-0.39, 0.29) is 0 Å². The van der Waals surface area contributed by atoms with E-state index >= 15 is 0 Å². The largest absolute Gasteiger partial charge is 0.316 e. The maximum Gasteiger partial charge on any atom is 0.0106 e. The Morgan fingerprint density at radius 1 is 0.882 bits per heavy atom. The molecule has 0 bridgehead atoms. The van der Waals surface area contributed by atoms with Gasteiger partial charge in [0.1, 0.15) is 0 Å². The first-order valence-electron chi connectivity index (χ1n) is 7.06. The molecule has 0 atom stereocenters. The first kappa shape index (κ1) is 16.9. The van der Waals surface area contributed by atoms with Crippen molar-refractivity contribution in [2.45, 2.75) is 33.1 Å². The lowest BCUT2D eigenvalue weighted by Crippen LogP contribution is -2.29. The molecule has 0 aromatic heterocycles. The van der Waals surface area contributed by atoms with Crippen LogP contribution in [-0.2, 0) is 0 Å². The summed E-state index contributed by atoms with van der Waals surface area (Å²) in [5, 5.41) is 3.49. The van der Waals surface area contributed by atoms with Crippen molar-refractivity contribution in [1.29, 1.82) is 0 Å². The molecule has 0 rings (SSSR count). The molecule has 0 aliphatic carbocycles. The van der Waals surface area contributed by atoms with Gasteiger partial charge in [-0.3, -0.25) is 0 Å². The number of nitrogens with one attached hydrogen (secondary N) is 1. The van der Waals surface area contributed by atoms with Crippen LogP contribution in [0.1, 0.15) is 33.1 Å². The topological polar surface area (TPSA) is 18.5 Å². The van der Waals surface area contributed by atoms with E-state index in [1.165, 1.54) is 38.9 Å². The number of unbranched alkanes of at least 4 members (excludes halogenated alkanes) is 2. The molecule has 0 aromatic carbocycles. The van der Waals surface area contributed by atoms with Gasteiger partial charge in [0.2, 0.25) is 0 Å². The fraction of sp³-hybridized carbons (Fsp3) is 1.00. The van der Waals surface area contributed by atoms with Crippen molar-refractivity contribution >= 4 is 0 Å². The van der Waals surface area contributed by atoms with E-state index in [1.54, 1.807) is 0 Å². The van der Waals surface area contributed by atoms with Gasteiger partial charge >= 0.3 is 0 Å². The summed E-state index contributed by atoms with van der Waals surface area (Å²) in [6.45, 7) is 10.4. The van der Waals surface area contributed by atoms with Gasteiger partial charge < -0.3 is 15.1 Å². The van der Waals surface area contributed by atoms with Crippen molar-refractivity contribution in [3.05, 3.63) is 0 Å². The Hall–Kier alpha value is -0.120. The number of rotatable bonds is 11. The molecular formula is C14H33N3. The van der Waals surface area contributed by atoms with E-state index in [4.69, 9.17) is 0 Å². The molecule has 104 valence electrons. The van der Waals surface area contributed by atoms with Crippen LogP contribution in [0.5, 0.6) is 0 Å². The van der Waals surface area contributed by atoms with E-state index < -0.39 is 0 Å². The highest BCUT2D eigenvalue weighted by Crippen LogP contribution is 1.97. The molecule has 0 radical (unpaired) electrons. The molecule has 3 nitrogen and oxygen atoms in total. The second-order valence-corrected chi connectivity index (χ2v) is 5.77. The van der Waals surface area contributed by atoms with Crippen LogP contribution in [0.2, 0.25) is 0 Å². The normalized spacial score (nSPS) is 12.0. The molecule has 0 aliphatic rings. The van der Waals surface area contributed by atoms with Crippen LogP contribution in [-0.4, -0.2) is 63.7 Å². The maximum absolute atomic E-state index is 3.49. The molecular weight excluding hydrogens is 210 g/mol. The van der Waals surface area contributed by atoms with Gasteiger partial charge in [-0.2, -0.15) is 0 Å². The molecule has 0 unspecified atom stereocenters. The van der Waals surface area contributed by atoms with E-state index in [0.29, 0.717) is 0 Å². The summed E-state index contributed by atoms with van der Waals surface area (Å²) in [6, 6.07) is 0. The van der Waals surface area contributed by atoms with Crippen molar-refractivity contribution in [2.24, 2.45) is 5.92 Å². The fourth-order valence-corrected chi connectivity index (χ4v) is 1.68. The van der Waals surface area contributed by atoms with Crippen molar-refractivity contribution in [2.75, 3.05) is 53.9 Å². The van der Waals surface area contributed by atoms with Crippen molar-refractivity contribution in [3.8, 4) is 0 Å². The minimum atomic E-state index is 0.771. The standard InChI is InChI=1S/C14H33N3/c1-14(2)13-15-9-7-6-8-10-17(5)12-11-16(3)4/h14-15H,6-13H2,1-5H3. The van der Waals surface area contributed by atoms with Crippen LogP contribution in [0.25, 0.3) is 0 Å². The highest BCUT2D eigenvalue weighted by atomic mass is 15.1. The van der Waals surface area contributed by atoms with Gasteiger partial charge in [-0.1, -0.05) is 20.3 Å². The third kappa shape index (κ3) is 13.8. The van der Waals surface area contributed by atoms with Crippen molar-refractivity contribution < 1.29 is 0 Å². The van der Waals surface area contributed by atoms with Gasteiger partial charge in [-0.15, -0.1) is 0 Å². The summed E-state index contributed by atoms with van der Waals surface area (Å²) in [6.07, 6.45) is 3.99. The summed E-state index contributed by atoms with van der Waals surface area (Å²) in [4.78, 5) is 4.67. The average molecular weight is 243 g/mol. The molecule has 0 aromatic rings. The molecule has 0 amide bonds. The molecule has 17 heavy (non-hydrogen) atoms. The van der Waals surface area contributed by atoms with Gasteiger partial charge in [-0.05, 0) is 59.5 Å². The van der Waals surface area contributed by atoms with Crippen LogP contribution < -0.4 is 5.32 Å². The summed E-state index contributed by atoms with van der Waals surface area (Å²) in [5.74, 6) is 0.771. The zero-order valence-electron chi connectivity index (χ0n) is 12.6. The molecule has 0 saturated heterocycles. The van der Waals surface area contributed by atoms with Crippen molar-refractivity contribution in [1.82, 2.24) is 15.1 Å². The molecule has 3 heteroatoms. The van der Waals surface area contributed by atoms with E-state index in [2.05, 4.69) is 50.1 Å². The third-order valence-electron chi connectivity index (χ3n) is 2.87. The lowest BCUT2D eigenvalue weighted by atomic mass is 10.2. The Bertz CT molecular complexity index is 158. The molecule has 1 N–H and O–H groups in total. The first-order chi connectivity index (χ1) is 8.02. The Morgan fingerprint density at radius 3 is 2.18 bits per heavy atom. The Morgan fingerprint density at radius 2 is 1.59 bits per heavy atom. The zero-order valence-corrected chi connectivity index (χ0v) is 12.6. The Labute approximate surface area is 109 Å². The minimum Gasteiger partial charge on any atom is -0.316 e. The fourth-order valence-electron chi connectivity index (χ4n) is 1.68. The van der Waals surface area contributed by atoms with Gasteiger partial charge in [0.05, 0.1) is 0 Å². The molecule has 0 heterocycles. The van der Waals surface area contributed by atoms with Crippen LogP contribution in [0.15, 0.2) is 0 Å². The van der Waals surface area contributed by atoms with Gasteiger partial charge in [0.15, 0.2) is 0 Å². The zero-order chi connectivity index (χ0) is 13.1. The average Bonchev–Trinajstić information content (AvgIpc) is 2.24. The SMILES string of the molecule is CC(C)CNCCCCCN(C)CCN(C)C. The monoisotopic (exact) mass is 243 g/mol. The maximum atomic E-state index is 3.49. The van der Waals surface area contributed by atoms with Gasteiger partial charge in [0, 0.05) is 13.1 Å². The highest BCUT2D eigenvalue weighted by molar-refractivity contribution is 4.56. The summed E-state index contributed by atoms with van der Waals surface area (Å²) < 4.78 is 0. The number of likely N-dealkylation sites (N-methyl/N-ethyl adjacent to an activating group) is 2. The number of hydrogen-bond donors (Lipinski definition) is 1. The van der Waals surface area contributed by atoms with Crippen LogP contribution in [0.3, 0.4) is 0 Å². The third-order valence-corrected chi connectivity index (χ3v) is 2.87. The first-order valence-corrected chi connectivity index (χ1v) is 7.06. The van der Waals surface area contributed by atoms with E-state index in [9.17, 15) is 0 Å². The van der Waals surface area contributed by atoms with E-state index in [0.717, 1.165) is 19.0 Å². The number of hydrogen-bond acceptors (Lipinski definition) is 3. The molecule has 0 fully saturated rings. The smallest absolute Gasteiger partial charge is 0.0106 e. The minimum absolute atomic E-state index is 0.771. The van der Waals surface area contributed by atoms with Crippen LogP contribution in [0, 0.1) is 5.92 Å². The molecule has 0 aliphatic heterocycles. The summed E-state index contributed by atoms with van der Waals surface area (Å²) in [7, 11) is 6.49. The lowest BCUT2D eigenvalue weighted by molar-refractivity contribution is 0.277. The van der Waals surface area contributed by atoms with Gasteiger partial charge in [0.25, 0.3) is 0 Å². The Balaban J connectivity index is 3.16. The quantitative estimate of drug-likeness (QED) is 0.559. The molecule has 0 saturated carbocycles. The molecule has 0 spiro atoms.